The Hall–Kier alpha value is -1.94. The van der Waals surface area contributed by atoms with Crippen LogP contribution in [-0.4, -0.2) is 13.9 Å². The Balaban J connectivity index is 1.56. The van der Waals surface area contributed by atoms with Gasteiger partial charge in [0, 0.05) is 11.2 Å². The Morgan fingerprint density at radius 1 is 0.931 bits per heavy atom. The molecule has 3 aromatic carbocycles. The van der Waals surface area contributed by atoms with Crippen molar-refractivity contribution in [3.8, 4) is 0 Å². The van der Waals surface area contributed by atoms with Crippen LogP contribution in [-0.2, 0) is 6.54 Å². The molecule has 0 N–H and O–H groups in total. The number of halogens is 2. The molecule has 4 aromatic rings. The first kappa shape index (κ1) is 19.0. The Kier molecular flexibility index (Phi) is 5.07. The summed E-state index contributed by atoms with van der Waals surface area (Å²) in [5.74, 6) is 0.211. The lowest BCUT2D eigenvalue weighted by molar-refractivity contribution is 0.719. The second-order valence-corrected chi connectivity index (χ2v) is 10.1. The third-order valence-corrected chi connectivity index (χ3v) is 7.65. The van der Waals surface area contributed by atoms with E-state index in [-0.39, 0.29) is 11.2 Å². The van der Waals surface area contributed by atoms with E-state index in [1.165, 1.54) is 11.1 Å². The van der Waals surface area contributed by atoms with Crippen LogP contribution in [0, 0.1) is 5.92 Å². The van der Waals surface area contributed by atoms with Gasteiger partial charge in [-0.25, -0.2) is 4.98 Å². The predicted molar refractivity (Wildman–Crippen MR) is 123 cm³/mol. The largest absolute Gasteiger partial charge is 0.314 e. The molecule has 0 amide bonds. The van der Waals surface area contributed by atoms with E-state index in [1.807, 2.05) is 18.2 Å². The number of aromatic nitrogens is 2. The highest BCUT2D eigenvalue weighted by Crippen LogP contribution is 2.63. The van der Waals surface area contributed by atoms with Crippen LogP contribution in [0.4, 0.5) is 0 Å². The van der Waals surface area contributed by atoms with E-state index in [0.29, 0.717) is 0 Å². The zero-order valence-electron chi connectivity index (χ0n) is 15.7. The molecule has 1 saturated carbocycles. The second kappa shape index (κ2) is 7.71. The van der Waals surface area contributed by atoms with Crippen molar-refractivity contribution in [3.63, 3.8) is 0 Å². The summed E-state index contributed by atoms with van der Waals surface area (Å²) >= 11 is 14.8. The van der Waals surface area contributed by atoms with Gasteiger partial charge in [0.05, 0.1) is 17.6 Å². The Morgan fingerprint density at radius 2 is 1.55 bits per heavy atom. The summed E-state index contributed by atoms with van der Waals surface area (Å²) in [6, 6.07) is 29.3. The highest BCUT2D eigenvalue weighted by atomic mass is 35.5. The topological polar surface area (TPSA) is 17.8 Å². The molecule has 1 heterocycles. The number of nitrogens with zero attached hydrogens (tertiary/aromatic N) is 2. The molecule has 2 atom stereocenters. The molecule has 1 aliphatic rings. The number of hydrogen-bond acceptors (Lipinski definition) is 2. The molecule has 0 spiro atoms. The molecule has 5 heteroatoms. The average Bonchev–Trinajstić information content (AvgIpc) is 3.24. The fourth-order valence-electron chi connectivity index (χ4n) is 3.76. The van der Waals surface area contributed by atoms with Crippen LogP contribution in [0.25, 0.3) is 11.0 Å². The average molecular weight is 439 g/mol. The molecule has 1 fully saturated rings. The summed E-state index contributed by atoms with van der Waals surface area (Å²) in [5.41, 5.74) is 4.65. The maximum Gasteiger partial charge on any atom is 0.169 e. The molecule has 1 aliphatic carbocycles. The van der Waals surface area contributed by atoms with Gasteiger partial charge in [-0.3, -0.25) is 0 Å². The zero-order valence-corrected chi connectivity index (χ0v) is 18.0. The SMILES string of the molecule is ClC1(Cl)CC1C(Sc1nc2ccccc2n1Cc1ccccc1)c1ccccc1. The number of imidazole rings is 1. The van der Waals surface area contributed by atoms with Crippen molar-refractivity contribution in [2.75, 3.05) is 0 Å². The molecular formula is C24H20Cl2N2S. The summed E-state index contributed by atoms with van der Waals surface area (Å²) in [6.45, 7) is 0.781. The van der Waals surface area contributed by atoms with Gasteiger partial charge in [-0.1, -0.05) is 84.6 Å². The lowest BCUT2D eigenvalue weighted by Crippen LogP contribution is -2.06. The lowest BCUT2D eigenvalue weighted by atomic mass is 10.1. The fraction of sp³-hybridized carbons (Fsp3) is 0.208. The number of para-hydroxylation sites is 2. The Labute approximate surface area is 184 Å². The van der Waals surface area contributed by atoms with Gasteiger partial charge in [-0.05, 0) is 29.7 Å². The van der Waals surface area contributed by atoms with Crippen LogP contribution >= 0.6 is 35.0 Å². The van der Waals surface area contributed by atoms with Crippen LogP contribution in [0.15, 0.2) is 90.1 Å². The van der Waals surface area contributed by atoms with Crippen LogP contribution in [0.5, 0.6) is 0 Å². The predicted octanol–water partition coefficient (Wildman–Crippen LogP) is 7.11. The van der Waals surface area contributed by atoms with Crippen molar-refractivity contribution in [1.82, 2.24) is 9.55 Å². The number of rotatable bonds is 6. The van der Waals surface area contributed by atoms with Crippen molar-refractivity contribution >= 4 is 46.0 Å². The number of hydrogen-bond donors (Lipinski definition) is 0. The van der Waals surface area contributed by atoms with E-state index >= 15 is 0 Å². The molecule has 5 rings (SSSR count). The smallest absolute Gasteiger partial charge is 0.169 e. The van der Waals surface area contributed by atoms with E-state index in [0.717, 1.165) is 29.2 Å². The number of thioether (sulfide) groups is 1. The number of benzene rings is 3. The van der Waals surface area contributed by atoms with Crippen molar-refractivity contribution < 1.29 is 0 Å². The van der Waals surface area contributed by atoms with E-state index < -0.39 is 4.33 Å². The highest BCUT2D eigenvalue weighted by Gasteiger charge is 2.56. The van der Waals surface area contributed by atoms with Gasteiger partial charge < -0.3 is 4.57 Å². The first-order valence-corrected chi connectivity index (χ1v) is 11.3. The zero-order chi connectivity index (χ0) is 19.8. The third kappa shape index (κ3) is 3.92. The third-order valence-electron chi connectivity index (χ3n) is 5.40. The minimum Gasteiger partial charge on any atom is -0.314 e. The van der Waals surface area contributed by atoms with Gasteiger partial charge >= 0.3 is 0 Å². The van der Waals surface area contributed by atoms with Gasteiger partial charge in [0.15, 0.2) is 5.16 Å². The van der Waals surface area contributed by atoms with E-state index in [4.69, 9.17) is 28.2 Å². The molecule has 29 heavy (non-hydrogen) atoms. The van der Waals surface area contributed by atoms with Crippen molar-refractivity contribution in [2.24, 2.45) is 5.92 Å². The minimum atomic E-state index is -0.649. The molecule has 0 bridgehead atoms. The standard InChI is InChI=1S/C24H20Cl2N2S/c25-24(26)15-19(24)22(18-11-5-2-6-12-18)29-23-27-20-13-7-8-14-21(20)28(23)16-17-9-3-1-4-10-17/h1-14,19,22H,15-16H2. The van der Waals surface area contributed by atoms with Gasteiger partial charge in [-0.15, -0.1) is 23.2 Å². The first-order valence-electron chi connectivity index (χ1n) is 9.70. The summed E-state index contributed by atoms with van der Waals surface area (Å²) in [5, 5.41) is 1.16. The first-order chi connectivity index (χ1) is 14.1. The van der Waals surface area contributed by atoms with E-state index in [2.05, 4.69) is 71.3 Å². The summed E-state index contributed by atoms with van der Waals surface area (Å²) < 4.78 is 1.65. The second-order valence-electron chi connectivity index (χ2n) is 7.48. The van der Waals surface area contributed by atoms with Crippen LogP contribution in [0.1, 0.15) is 22.8 Å². The van der Waals surface area contributed by atoms with Gasteiger partial charge in [0.1, 0.15) is 4.33 Å². The van der Waals surface area contributed by atoms with Crippen molar-refractivity contribution in [3.05, 3.63) is 96.1 Å². The molecule has 0 radical (unpaired) electrons. The molecule has 0 saturated heterocycles. The minimum absolute atomic E-state index is 0.164. The highest BCUT2D eigenvalue weighted by molar-refractivity contribution is 7.99. The molecule has 0 aliphatic heterocycles. The van der Waals surface area contributed by atoms with Crippen LogP contribution in [0.3, 0.4) is 0 Å². The monoisotopic (exact) mass is 438 g/mol. The quantitative estimate of drug-likeness (QED) is 0.235. The number of alkyl halides is 2. The van der Waals surface area contributed by atoms with Gasteiger partial charge in [0.2, 0.25) is 0 Å². The Bertz CT molecular complexity index is 1130. The van der Waals surface area contributed by atoms with Gasteiger partial charge in [-0.2, -0.15) is 0 Å². The van der Waals surface area contributed by atoms with Crippen molar-refractivity contribution in [2.45, 2.75) is 27.7 Å². The molecular weight excluding hydrogens is 419 g/mol. The lowest BCUT2D eigenvalue weighted by Gasteiger charge is -2.18. The molecule has 2 nitrogen and oxygen atoms in total. The van der Waals surface area contributed by atoms with Gasteiger partial charge in [0.25, 0.3) is 0 Å². The molecule has 1 aromatic heterocycles. The molecule has 2 unspecified atom stereocenters. The molecule has 146 valence electrons. The van der Waals surface area contributed by atoms with Crippen LogP contribution in [0.2, 0.25) is 0 Å². The summed E-state index contributed by atoms with van der Waals surface area (Å²) in [6.07, 6.45) is 0.807. The maximum atomic E-state index is 6.49. The van der Waals surface area contributed by atoms with Crippen LogP contribution < -0.4 is 0 Å². The fourth-order valence-corrected chi connectivity index (χ4v) is 5.95. The number of fused-ring (bicyclic) bond motifs is 1. The van der Waals surface area contributed by atoms with E-state index in [1.54, 1.807) is 11.8 Å². The van der Waals surface area contributed by atoms with E-state index in [9.17, 15) is 0 Å². The summed E-state index contributed by atoms with van der Waals surface area (Å²) in [4.78, 5) is 4.97. The Morgan fingerprint density at radius 3 is 2.24 bits per heavy atom. The van der Waals surface area contributed by atoms with Crippen molar-refractivity contribution in [1.29, 1.82) is 0 Å². The maximum absolute atomic E-state index is 6.49. The normalized spacial score (nSPS) is 18.6. The summed E-state index contributed by atoms with van der Waals surface area (Å²) in [7, 11) is 0.